The number of aromatic amines is 1. The fourth-order valence-electron chi connectivity index (χ4n) is 2.17. The van der Waals surface area contributed by atoms with Crippen LogP contribution in [0.1, 0.15) is 20.7 Å². The minimum atomic E-state index is -0.567. The van der Waals surface area contributed by atoms with Crippen LogP contribution in [-0.2, 0) is 0 Å². The average Bonchev–Trinajstić information content (AvgIpc) is 2.73. The zero-order valence-electron chi connectivity index (χ0n) is 10.6. The largest absolute Gasteiger partial charge is 0.467 e. The van der Waals surface area contributed by atoms with Crippen molar-refractivity contribution < 1.29 is 14.3 Å². The molecule has 0 aliphatic carbocycles. The van der Waals surface area contributed by atoms with Crippen LogP contribution in [-0.4, -0.2) is 22.3 Å². The van der Waals surface area contributed by atoms with Crippen molar-refractivity contribution in [2.24, 2.45) is 0 Å². The van der Waals surface area contributed by atoms with E-state index in [0.29, 0.717) is 11.1 Å². The van der Waals surface area contributed by atoms with Gasteiger partial charge < -0.3 is 4.74 Å². The molecular weight excluding hydrogens is 340 g/mol. The predicted molar refractivity (Wildman–Crippen MR) is 79.1 cm³/mol. The van der Waals surface area contributed by atoms with E-state index in [2.05, 4.69) is 20.9 Å². The summed E-state index contributed by atoms with van der Waals surface area (Å²) in [4.78, 5) is 40.0. The first-order chi connectivity index (χ1) is 10.1. The highest BCUT2D eigenvalue weighted by Crippen LogP contribution is 2.26. The van der Waals surface area contributed by atoms with Gasteiger partial charge in [-0.25, -0.2) is 4.90 Å². The van der Waals surface area contributed by atoms with Gasteiger partial charge in [-0.05, 0) is 34.1 Å². The number of hydrogen-bond donors (Lipinski definition) is 1. The van der Waals surface area contributed by atoms with Crippen molar-refractivity contribution in [3.05, 3.63) is 57.9 Å². The van der Waals surface area contributed by atoms with Crippen LogP contribution < -0.4 is 15.2 Å². The smallest absolute Gasteiger partial charge is 0.275 e. The minimum Gasteiger partial charge on any atom is -0.467 e. The van der Waals surface area contributed by atoms with Crippen molar-refractivity contribution in [1.29, 1.82) is 0 Å². The van der Waals surface area contributed by atoms with Gasteiger partial charge in [-0.15, -0.1) is 0 Å². The van der Waals surface area contributed by atoms with Gasteiger partial charge in [0, 0.05) is 6.07 Å². The maximum Gasteiger partial charge on any atom is 0.275 e. The van der Waals surface area contributed by atoms with Crippen LogP contribution in [0.5, 0.6) is 5.88 Å². The Morgan fingerprint density at radius 1 is 1.00 bits per heavy atom. The number of nitrogens with zero attached hydrogens (tertiary/aromatic N) is 1. The normalized spacial score (nSPS) is 13.5. The molecule has 3 rings (SSSR count). The third-order valence-corrected chi connectivity index (χ3v) is 3.34. The summed E-state index contributed by atoms with van der Waals surface area (Å²) in [6.45, 7) is 0. The van der Waals surface area contributed by atoms with E-state index in [1.54, 1.807) is 24.3 Å². The molecular formula is C14H9BrN2O4. The number of carbonyl (C=O) groups excluding carboxylic acids is 2. The van der Waals surface area contributed by atoms with E-state index in [0.717, 1.165) is 4.90 Å². The predicted octanol–water partition coefficient (Wildman–Crippen LogP) is 1.91. The Morgan fingerprint density at radius 3 is 2.14 bits per heavy atom. The molecule has 0 spiro atoms. The third-order valence-electron chi connectivity index (χ3n) is 3.11. The number of halogens is 1. The van der Waals surface area contributed by atoms with E-state index in [1.165, 1.54) is 12.1 Å². The van der Waals surface area contributed by atoms with E-state index in [-0.39, 0.29) is 17.1 Å². The van der Waals surface area contributed by atoms with E-state index >= 15 is 0 Å². The van der Waals surface area contributed by atoms with Gasteiger partial charge in [0.1, 0.15) is 11.2 Å². The molecule has 6 nitrogen and oxygen atoms in total. The highest BCUT2D eigenvalue weighted by molar-refractivity contribution is 9.09. The van der Waals surface area contributed by atoms with Crippen LogP contribution >= 0.6 is 15.9 Å². The van der Waals surface area contributed by atoms with Gasteiger partial charge in [0.2, 0.25) is 0 Å². The summed E-state index contributed by atoms with van der Waals surface area (Å²) in [6.07, 6.45) is 0. The second-order valence-corrected chi connectivity index (χ2v) is 4.74. The van der Waals surface area contributed by atoms with E-state index in [1.807, 2.05) is 0 Å². The van der Waals surface area contributed by atoms with Gasteiger partial charge >= 0.3 is 0 Å². The summed E-state index contributed by atoms with van der Waals surface area (Å²) in [6, 6.07) is 9.34. The lowest BCUT2D eigenvalue weighted by molar-refractivity contribution is 0.0925. The number of ether oxygens (including phenoxy) is 1. The molecule has 2 amide bonds. The van der Waals surface area contributed by atoms with Gasteiger partial charge in [-0.2, -0.15) is 0 Å². The number of aromatic nitrogens is 1. The topological polar surface area (TPSA) is 79.5 Å². The molecule has 1 N–H and O–H groups in total. The molecule has 0 saturated carbocycles. The van der Waals surface area contributed by atoms with E-state index in [9.17, 15) is 14.4 Å². The monoisotopic (exact) mass is 348 g/mol. The van der Waals surface area contributed by atoms with Crippen molar-refractivity contribution >= 4 is 33.4 Å². The van der Waals surface area contributed by atoms with Crippen LogP contribution in [0.2, 0.25) is 0 Å². The van der Waals surface area contributed by atoms with Crippen molar-refractivity contribution in [3.63, 3.8) is 0 Å². The first-order valence-electron chi connectivity index (χ1n) is 6.03. The highest BCUT2D eigenvalue weighted by atomic mass is 79.9. The maximum atomic E-state index is 12.3. The van der Waals surface area contributed by atoms with Crippen molar-refractivity contribution in [2.45, 2.75) is 0 Å². The lowest BCUT2D eigenvalue weighted by atomic mass is 10.1. The van der Waals surface area contributed by atoms with Crippen LogP contribution in [0.15, 0.2) is 41.2 Å². The molecule has 21 heavy (non-hydrogen) atoms. The average molecular weight is 349 g/mol. The molecule has 0 unspecified atom stereocenters. The number of anilines is 1. The molecule has 1 aliphatic rings. The number of rotatable bonds is 3. The highest BCUT2D eigenvalue weighted by Gasteiger charge is 2.37. The second kappa shape index (κ2) is 5.17. The fourth-order valence-corrected chi connectivity index (χ4v) is 2.42. The van der Waals surface area contributed by atoms with Crippen molar-refractivity contribution in [1.82, 2.24) is 4.98 Å². The number of hydrogen-bond acceptors (Lipinski definition) is 4. The summed E-state index contributed by atoms with van der Waals surface area (Å²) >= 11 is 3.07. The summed E-state index contributed by atoms with van der Waals surface area (Å²) in [7, 11) is 0. The molecule has 1 aromatic carbocycles. The first-order valence-corrected chi connectivity index (χ1v) is 7.15. The van der Waals surface area contributed by atoms with E-state index < -0.39 is 17.4 Å². The Kier molecular flexibility index (Phi) is 3.34. The first kappa shape index (κ1) is 13.6. The molecule has 0 atom stereocenters. The zero-order chi connectivity index (χ0) is 15.0. The summed E-state index contributed by atoms with van der Waals surface area (Å²) in [5.41, 5.74) is 0.214. The summed E-state index contributed by atoms with van der Waals surface area (Å²) < 4.78 is 5.09. The van der Waals surface area contributed by atoms with Gasteiger partial charge in [0.15, 0.2) is 5.88 Å². The van der Waals surface area contributed by atoms with Gasteiger partial charge in [0.05, 0.1) is 11.1 Å². The molecule has 7 heteroatoms. The number of H-pyrrole nitrogens is 1. The Morgan fingerprint density at radius 2 is 1.62 bits per heavy atom. The standard InChI is InChI=1S/C14H9BrN2O4/c15-7-21-11-6-5-10(12(18)16-11)17-13(19)8-3-1-2-4-9(8)14(17)20/h1-6H,7H2,(H,16,18). The second-order valence-electron chi connectivity index (χ2n) is 4.28. The Labute approximate surface area is 127 Å². The number of carbonyl (C=O) groups is 2. The third kappa shape index (κ3) is 2.15. The fraction of sp³-hybridized carbons (Fsp3) is 0.0714. The zero-order valence-corrected chi connectivity index (χ0v) is 12.2. The number of pyridine rings is 1. The quantitative estimate of drug-likeness (QED) is 0.678. The maximum absolute atomic E-state index is 12.3. The molecule has 106 valence electrons. The Bertz CT molecular complexity index is 765. The van der Waals surface area contributed by atoms with Gasteiger partial charge in [-0.1, -0.05) is 12.1 Å². The molecule has 1 aliphatic heterocycles. The number of amides is 2. The number of nitrogens with one attached hydrogen (secondary N) is 1. The molecule has 2 aromatic rings. The van der Waals surface area contributed by atoms with E-state index in [4.69, 9.17) is 4.74 Å². The Hall–Kier alpha value is -2.41. The number of alkyl halides is 1. The number of imide groups is 1. The number of fused-ring (bicyclic) bond motifs is 1. The van der Waals surface area contributed by atoms with Crippen LogP contribution in [0.25, 0.3) is 0 Å². The molecule has 0 fully saturated rings. The summed E-state index contributed by atoms with van der Waals surface area (Å²) in [5.74, 6) is -0.761. The minimum absolute atomic E-state index is 0.0249. The molecule has 2 heterocycles. The molecule has 0 radical (unpaired) electrons. The van der Waals surface area contributed by atoms with Crippen molar-refractivity contribution in [2.75, 3.05) is 10.4 Å². The molecule has 1 aromatic heterocycles. The van der Waals surface area contributed by atoms with Gasteiger partial charge in [-0.3, -0.25) is 19.4 Å². The van der Waals surface area contributed by atoms with Crippen LogP contribution in [0.4, 0.5) is 5.69 Å². The lowest BCUT2D eigenvalue weighted by Gasteiger charge is -2.13. The SMILES string of the molecule is O=C1c2ccccc2C(=O)N1c1ccc(OCBr)[nH]c1=O. The molecule has 0 bridgehead atoms. The lowest BCUT2D eigenvalue weighted by Crippen LogP contribution is -2.34. The number of benzene rings is 1. The van der Waals surface area contributed by atoms with Crippen molar-refractivity contribution in [3.8, 4) is 5.88 Å². The summed E-state index contributed by atoms with van der Waals surface area (Å²) in [5, 5.41) is 0. The molecule has 0 saturated heterocycles. The Balaban J connectivity index is 2.05. The van der Waals surface area contributed by atoms with Crippen LogP contribution in [0.3, 0.4) is 0 Å². The van der Waals surface area contributed by atoms with Crippen LogP contribution in [0, 0.1) is 0 Å². The van der Waals surface area contributed by atoms with Gasteiger partial charge in [0.25, 0.3) is 17.4 Å².